The molecule has 0 spiro atoms. The van der Waals surface area contributed by atoms with Crippen molar-refractivity contribution in [2.45, 2.75) is 4.90 Å². The molecule has 0 aromatic heterocycles. The Kier molecular flexibility index (Phi) is 6.01. The quantitative estimate of drug-likeness (QED) is 0.843. The molecule has 0 aliphatic heterocycles. The van der Waals surface area contributed by atoms with Crippen LogP contribution in [-0.2, 0) is 10.0 Å². The van der Waals surface area contributed by atoms with Gasteiger partial charge in [-0.2, -0.15) is 4.31 Å². The number of likely N-dealkylation sites (N-methyl/N-ethyl adjacent to an activating group) is 2. The van der Waals surface area contributed by atoms with E-state index in [0.29, 0.717) is 6.54 Å². The molecule has 0 heterocycles. The van der Waals surface area contributed by atoms with Crippen LogP contribution in [-0.4, -0.2) is 62.9 Å². The van der Waals surface area contributed by atoms with Crippen LogP contribution in [0.1, 0.15) is 10.4 Å². The standard InChI is InChI=1S/C12H16Cl2N2O4S/c1-15(2)4-5-16(3)21(19,20)10-7-8(13)6-9(11(10)14)12(17)18/h6-7H,4-5H2,1-3H3,(H,17,18). The van der Waals surface area contributed by atoms with Crippen LogP contribution in [0.2, 0.25) is 10.0 Å². The lowest BCUT2D eigenvalue weighted by atomic mass is 10.2. The molecule has 0 aliphatic rings. The number of carbonyl (C=O) groups is 1. The molecule has 0 saturated heterocycles. The van der Waals surface area contributed by atoms with Crippen LogP contribution in [0, 0.1) is 0 Å². The highest BCUT2D eigenvalue weighted by Crippen LogP contribution is 2.31. The summed E-state index contributed by atoms with van der Waals surface area (Å²) < 4.78 is 26.0. The van der Waals surface area contributed by atoms with E-state index in [1.165, 1.54) is 7.05 Å². The number of benzene rings is 1. The van der Waals surface area contributed by atoms with E-state index in [0.717, 1.165) is 16.4 Å². The topological polar surface area (TPSA) is 77.9 Å². The van der Waals surface area contributed by atoms with E-state index in [1.807, 2.05) is 19.0 Å². The van der Waals surface area contributed by atoms with Gasteiger partial charge in [0.05, 0.1) is 10.6 Å². The molecule has 0 aliphatic carbocycles. The number of halogens is 2. The van der Waals surface area contributed by atoms with Crippen LogP contribution in [0.3, 0.4) is 0 Å². The molecule has 0 saturated carbocycles. The molecular weight excluding hydrogens is 339 g/mol. The molecule has 0 fully saturated rings. The van der Waals surface area contributed by atoms with Gasteiger partial charge in [-0.3, -0.25) is 0 Å². The second-order valence-electron chi connectivity index (χ2n) is 4.70. The van der Waals surface area contributed by atoms with Crippen LogP contribution in [0.4, 0.5) is 0 Å². The van der Waals surface area contributed by atoms with Crippen molar-refractivity contribution < 1.29 is 18.3 Å². The molecule has 6 nitrogen and oxygen atoms in total. The summed E-state index contributed by atoms with van der Waals surface area (Å²) in [6.07, 6.45) is 0. The highest BCUT2D eigenvalue weighted by Gasteiger charge is 2.27. The Labute approximate surface area is 133 Å². The predicted molar refractivity (Wildman–Crippen MR) is 81.8 cm³/mol. The average molecular weight is 355 g/mol. The molecule has 0 amide bonds. The van der Waals surface area contributed by atoms with Crippen LogP contribution >= 0.6 is 23.2 Å². The number of hydrogen-bond acceptors (Lipinski definition) is 4. The Bertz CT molecular complexity index is 647. The first-order valence-corrected chi connectivity index (χ1v) is 8.10. The number of sulfonamides is 1. The Balaban J connectivity index is 3.28. The molecule has 1 rings (SSSR count). The number of carboxylic acids is 1. The normalized spacial score (nSPS) is 12.1. The number of nitrogens with zero attached hydrogens (tertiary/aromatic N) is 2. The lowest BCUT2D eigenvalue weighted by Crippen LogP contribution is -2.33. The Hall–Kier alpha value is -0.860. The van der Waals surface area contributed by atoms with Gasteiger partial charge in [-0.15, -0.1) is 0 Å². The predicted octanol–water partition coefficient (Wildman–Crippen LogP) is 1.87. The minimum absolute atomic E-state index is 0.00335. The van der Waals surface area contributed by atoms with Gasteiger partial charge in [0.1, 0.15) is 4.90 Å². The minimum atomic E-state index is -3.92. The number of hydrogen-bond donors (Lipinski definition) is 1. The first-order chi connectivity index (χ1) is 9.57. The van der Waals surface area contributed by atoms with E-state index in [9.17, 15) is 13.2 Å². The van der Waals surface area contributed by atoms with Crippen LogP contribution in [0.25, 0.3) is 0 Å². The molecule has 1 aromatic carbocycles. The summed E-state index contributed by atoms with van der Waals surface area (Å²) in [5.41, 5.74) is -0.344. The Morgan fingerprint density at radius 2 is 1.76 bits per heavy atom. The molecule has 0 unspecified atom stereocenters. The van der Waals surface area contributed by atoms with Crippen LogP contribution in [0.5, 0.6) is 0 Å². The number of aromatic carboxylic acids is 1. The second kappa shape index (κ2) is 6.93. The van der Waals surface area contributed by atoms with Gasteiger partial charge >= 0.3 is 5.97 Å². The average Bonchev–Trinajstić information content (AvgIpc) is 2.37. The monoisotopic (exact) mass is 354 g/mol. The summed E-state index contributed by atoms with van der Waals surface area (Å²) in [5, 5.41) is 8.69. The summed E-state index contributed by atoms with van der Waals surface area (Å²) in [4.78, 5) is 12.6. The highest BCUT2D eigenvalue weighted by molar-refractivity contribution is 7.89. The molecular formula is C12H16Cl2N2O4S. The van der Waals surface area contributed by atoms with Gasteiger partial charge < -0.3 is 10.0 Å². The Morgan fingerprint density at radius 1 is 1.19 bits per heavy atom. The zero-order valence-electron chi connectivity index (χ0n) is 11.8. The van der Waals surface area contributed by atoms with Crippen molar-refractivity contribution in [1.82, 2.24) is 9.21 Å². The van der Waals surface area contributed by atoms with E-state index in [-0.39, 0.29) is 27.0 Å². The lowest BCUT2D eigenvalue weighted by molar-refractivity contribution is 0.0697. The van der Waals surface area contributed by atoms with Gasteiger partial charge in [0.25, 0.3) is 0 Å². The van der Waals surface area contributed by atoms with Crippen LogP contribution in [0.15, 0.2) is 17.0 Å². The van der Waals surface area contributed by atoms with E-state index < -0.39 is 16.0 Å². The summed E-state index contributed by atoms with van der Waals surface area (Å²) >= 11 is 11.7. The zero-order chi connectivity index (χ0) is 16.4. The first kappa shape index (κ1) is 18.2. The molecule has 0 atom stereocenters. The van der Waals surface area contributed by atoms with Gasteiger partial charge in [0, 0.05) is 25.2 Å². The highest BCUT2D eigenvalue weighted by atomic mass is 35.5. The Morgan fingerprint density at radius 3 is 2.24 bits per heavy atom. The fraction of sp³-hybridized carbons (Fsp3) is 0.417. The molecule has 1 N–H and O–H groups in total. The van der Waals surface area contributed by atoms with Crippen molar-refractivity contribution in [3.63, 3.8) is 0 Å². The zero-order valence-corrected chi connectivity index (χ0v) is 14.1. The van der Waals surface area contributed by atoms with Gasteiger partial charge in [0.15, 0.2) is 0 Å². The molecule has 118 valence electrons. The van der Waals surface area contributed by atoms with Gasteiger partial charge in [0.2, 0.25) is 10.0 Å². The van der Waals surface area contributed by atoms with Crippen molar-refractivity contribution in [2.24, 2.45) is 0 Å². The smallest absolute Gasteiger partial charge is 0.337 e. The third-order valence-corrected chi connectivity index (χ3v) is 5.40. The SMILES string of the molecule is CN(C)CCN(C)S(=O)(=O)c1cc(Cl)cc(C(=O)O)c1Cl. The van der Waals surface area contributed by atoms with Crippen molar-refractivity contribution in [3.8, 4) is 0 Å². The largest absolute Gasteiger partial charge is 0.478 e. The van der Waals surface area contributed by atoms with Crippen molar-refractivity contribution >= 4 is 39.2 Å². The summed E-state index contributed by atoms with van der Waals surface area (Å²) in [7, 11) is 1.11. The maximum absolute atomic E-state index is 12.5. The maximum atomic E-state index is 12.5. The third-order valence-electron chi connectivity index (χ3n) is 2.78. The molecule has 21 heavy (non-hydrogen) atoms. The molecule has 0 radical (unpaired) electrons. The molecule has 1 aromatic rings. The number of rotatable bonds is 6. The summed E-state index contributed by atoms with van der Waals surface area (Å²) in [6.45, 7) is 0.750. The van der Waals surface area contributed by atoms with Gasteiger partial charge in [-0.1, -0.05) is 23.2 Å². The van der Waals surface area contributed by atoms with E-state index in [1.54, 1.807) is 0 Å². The van der Waals surface area contributed by atoms with E-state index >= 15 is 0 Å². The summed E-state index contributed by atoms with van der Waals surface area (Å²) in [6, 6.07) is 2.27. The van der Waals surface area contributed by atoms with Crippen molar-refractivity contribution in [2.75, 3.05) is 34.2 Å². The van der Waals surface area contributed by atoms with Gasteiger partial charge in [-0.05, 0) is 26.2 Å². The fourth-order valence-corrected chi connectivity index (χ4v) is 3.57. The van der Waals surface area contributed by atoms with Crippen molar-refractivity contribution in [3.05, 3.63) is 27.7 Å². The van der Waals surface area contributed by atoms with Gasteiger partial charge in [-0.25, -0.2) is 13.2 Å². The van der Waals surface area contributed by atoms with Crippen molar-refractivity contribution in [1.29, 1.82) is 0 Å². The van der Waals surface area contributed by atoms with E-state index in [4.69, 9.17) is 28.3 Å². The van der Waals surface area contributed by atoms with E-state index in [2.05, 4.69) is 0 Å². The minimum Gasteiger partial charge on any atom is -0.478 e. The second-order valence-corrected chi connectivity index (χ2v) is 7.53. The van der Waals surface area contributed by atoms with Crippen LogP contribution < -0.4 is 0 Å². The lowest BCUT2D eigenvalue weighted by Gasteiger charge is -2.20. The third kappa shape index (κ3) is 4.31. The summed E-state index contributed by atoms with van der Waals surface area (Å²) in [5.74, 6) is -1.34. The maximum Gasteiger partial charge on any atom is 0.337 e. The fourth-order valence-electron chi connectivity index (χ4n) is 1.54. The molecule has 0 bridgehead atoms. The number of carboxylic acid groups (broad SMARTS) is 1. The first-order valence-electron chi connectivity index (χ1n) is 5.90. The molecule has 9 heteroatoms.